The van der Waals surface area contributed by atoms with E-state index in [1.165, 1.54) is 4.90 Å². The van der Waals surface area contributed by atoms with E-state index in [-0.39, 0.29) is 24.3 Å². The third-order valence-corrected chi connectivity index (χ3v) is 5.04. The van der Waals surface area contributed by atoms with Gasteiger partial charge in [0.15, 0.2) is 6.61 Å². The number of nitrogens with zero attached hydrogens (tertiary/aromatic N) is 2. The number of carboxylic acid groups (broad SMARTS) is 1. The normalized spacial score (nSPS) is 23.2. The Morgan fingerprint density at radius 2 is 2.12 bits per heavy atom. The Morgan fingerprint density at radius 1 is 1.31 bits per heavy atom. The van der Waals surface area contributed by atoms with Crippen LogP contribution in [0.1, 0.15) is 32.6 Å². The highest BCUT2D eigenvalue weighted by Gasteiger charge is 2.34. The first-order chi connectivity index (χ1) is 12.5. The number of carbonyl (C=O) groups is 3. The van der Waals surface area contributed by atoms with Crippen LogP contribution in [0.5, 0.6) is 5.75 Å². The van der Waals surface area contributed by atoms with Crippen molar-refractivity contribution in [2.24, 2.45) is 5.92 Å². The van der Waals surface area contributed by atoms with Crippen molar-refractivity contribution in [1.82, 2.24) is 4.90 Å². The van der Waals surface area contributed by atoms with E-state index < -0.39 is 12.0 Å². The van der Waals surface area contributed by atoms with Crippen molar-refractivity contribution in [3.8, 4) is 5.75 Å². The van der Waals surface area contributed by atoms with Crippen molar-refractivity contribution in [2.75, 3.05) is 24.6 Å². The highest BCUT2D eigenvalue weighted by Crippen LogP contribution is 2.26. The molecule has 2 fully saturated rings. The number of rotatable bonds is 5. The molecular weight excluding hydrogens is 336 g/mol. The lowest BCUT2D eigenvalue weighted by molar-refractivity contribution is -0.153. The Hall–Kier alpha value is -2.57. The van der Waals surface area contributed by atoms with E-state index in [9.17, 15) is 19.5 Å². The minimum atomic E-state index is -0.973. The van der Waals surface area contributed by atoms with Crippen molar-refractivity contribution < 1.29 is 24.2 Å². The molecule has 7 heteroatoms. The third kappa shape index (κ3) is 3.98. The summed E-state index contributed by atoms with van der Waals surface area (Å²) in [6.45, 7) is 2.91. The van der Waals surface area contributed by atoms with E-state index in [0.29, 0.717) is 31.7 Å². The van der Waals surface area contributed by atoms with Crippen LogP contribution in [0.4, 0.5) is 5.69 Å². The Bertz CT molecular complexity index is 705. The van der Waals surface area contributed by atoms with Gasteiger partial charge in [-0.05, 0) is 37.3 Å². The van der Waals surface area contributed by atoms with Gasteiger partial charge in [-0.3, -0.25) is 9.59 Å². The summed E-state index contributed by atoms with van der Waals surface area (Å²) in [5, 5.41) is 9.37. The summed E-state index contributed by atoms with van der Waals surface area (Å²) in [5.74, 6) is -0.431. The van der Waals surface area contributed by atoms with Gasteiger partial charge in [0, 0.05) is 31.3 Å². The molecule has 2 aliphatic heterocycles. The lowest BCUT2D eigenvalue weighted by atomic mass is 9.92. The number of amides is 2. The van der Waals surface area contributed by atoms with Crippen LogP contribution in [0.2, 0.25) is 0 Å². The van der Waals surface area contributed by atoms with E-state index in [1.54, 1.807) is 23.1 Å². The minimum absolute atomic E-state index is 0.0879. The lowest BCUT2D eigenvalue weighted by Gasteiger charge is -2.35. The molecule has 3 rings (SSSR count). The molecule has 2 saturated heterocycles. The third-order valence-electron chi connectivity index (χ3n) is 5.04. The van der Waals surface area contributed by atoms with Crippen molar-refractivity contribution >= 4 is 23.5 Å². The van der Waals surface area contributed by atoms with Gasteiger partial charge in [-0.2, -0.15) is 0 Å². The van der Waals surface area contributed by atoms with Crippen LogP contribution >= 0.6 is 0 Å². The molecule has 140 valence electrons. The smallest absolute Gasteiger partial charge is 0.326 e. The summed E-state index contributed by atoms with van der Waals surface area (Å²) in [7, 11) is 0. The van der Waals surface area contributed by atoms with Crippen LogP contribution in [0.3, 0.4) is 0 Å². The van der Waals surface area contributed by atoms with Crippen LogP contribution in [-0.4, -0.2) is 53.5 Å². The second kappa shape index (κ2) is 7.76. The van der Waals surface area contributed by atoms with Gasteiger partial charge in [0.2, 0.25) is 5.91 Å². The largest absolute Gasteiger partial charge is 0.484 e. The van der Waals surface area contributed by atoms with Gasteiger partial charge >= 0.3 is 5.97 Å². The number of carbonyl (C=O) groups excluding carboxylic acids is 2. The molecule has 1 aromatic rings. The fourth-order valence-electron chi connectivity index (χ4n) is 3.56. The molecule has 0 saturated carbocycles. The number of piperidine rings is 1. The first-order valence-electron chi connectivity index (χ1n) is 9.01. The van der Waals surface area contributed by atoms with E-state index in [2.05, 4.69) is 0 Å². The second-order valence-electron chi connectivity index (χ2n) is 7.01. The topological polar surface area (TPSA) is 87.2 Å². The maximum Gasteiger partial charge on any atom is 0.326 e. The van der Waals surface area contributed by atoms with Gasteiger partial charge in [0.1, 0.15) is 11.8 Å². The zero-order valence-electron chi connectivity index (χ0n) is 14.9. The molecule has 2 unspecified atom stereocenters. The summed E-state index contributed by atoms with van der Waals surface area (Å²) in [5.41, 5.74) is 0.757. The molecule has 0 bridgehead atoms. The molecule has 0 aliphatic carbocycles. The van der Waals surface area contributed by atoms with Crippen LogP contribution in [0.15, 0.2) is 24.3 Å². The van der Waals surface area contributed by atoms with Gasteiger partial charge in [-0.1, -0.05) is 13.0 Å². The minimum Gasteiger partial charge on any atom is -0.484 e. The molecule has 0 radical (unpaired) electrons. The maximum absolute atomic E-state index is 12.5. The number of hydrogen-bond acceptors (Lipinski definition) is 4. The van der Waals surface area contributed by atoms with Crippen molar-refractivity contribution in [3.05, 3.63) is 24.3 Å². The Balaban J connectivity index is 1.62. The summed E-state index contributed by atoms with van der Waals surface area (Å²) in [6.07, 6.45) is 2.65. The molecule has 2 heterocycles. The number of likely N-dealkylation sites (tertiary alicyclic amines) is 1. The predicted octanol–water partition coefficient (Wildman–Crippen LogP) is 1.90. The molecule has 2 aliphatic rings. The SMILES string of the molecule is CC1CCN(C(=O)COc2cccc(N3CCCC3=O)c2)C(C(=O)O)C1. The quantitative estimate of drug-likeness (QED) is 0.867. The average molecular weight is 360 g/mol. The Kier molecular flexibility index (Phi) is 5.44. The lowest BCUT2D eigenvalue weighted by Crippen LogP contribution is -2.51. The number of ether oxygens (including phenoxy) is 1. The monoisotopic (exact) mass is 360 g/mol. The predicted molar refractivity (Wildman–Crippen MR) is 95.1 cm³/mol. The first-order valence-corrected chi connectivity index (χ1v) is 9.01. The Labute approximate surface area is 152 Å². The van der Waals surface area contributed by atoms with Gasteiger partial charge in [0.05, 0.1) is 0 Å². The van der Waals surface area contributed by atoms with Crippen LogP contribution in [-0.2, 0) is 14.4 Å². The molecule has 1 N–H and O–H groups in total. The zero-order valence-corrected chi connectivity index (χ0v) is 14.9. The van der Waals surface area contributed by atoms with Gasteiger partial charge in [0.25, 0.3) is 5.91 Å². The number of hydrogen-bond donors (Lipinski definition) is 1. The maximum atomic E-state index is 12.5. The van der Waals surface area contributed by atoms with Crippen LogP contribution in [0, 0.1) is 5.92 Å². The van der Waals surface area contributed by atoms with Crippen LogP contribution < -0.4 is 9.64 Å². The fourth-order valence-corrected chi connectivity index (χ4v) is 3.56. The van der Waals surface area contributed by atoms with E-state index in [1.807, 2.05) is 13.0 Å². The molecule has 0 spiro atoms. The summed E-state index contributed by atoms with van der Waals surface area (Å²) >= 11 is 0. The number of carboxylic acids is 1. The summed E-state index contributed by atoms with van der Waals surface area (Å²) in [6, 6.07) is 6.30. The first kappa shape index (κ1) is 18.2. The molecule has 1 aromatic carbocycles. The number of aliphatic carboxylic acids is 1. The summed E-state index contributed by atoms with van der Waals surface area (Å²) in [4.78, 5) is 38.9. The highest BCUT2D eigenvalue weighted by atomic mass is 16.5. The number of benzene rings is 1. The van der Waals surface area contributed by atoms with Gasteiger partial charge < -0.3 is 19.6 Å². The van der Waals surface area contributed by atoms with E-state index in [4.69, 9.17) is 4.74 Å². The van der Waals surface area contributed by atoms with Gasteiger partial charge in [-0.15, -0.1) is 0 Å². The van der Waals surface area contributed by atoms with Crippen LogP contribution in [0.25, 0.3) is 0 Å². The molecule has 26 heavy (non-hydrogen) atoms. The molecule has 2 atom stereocenters. The van der Waals surface area contributed by atoms with E-state index >= 15 is 0 Å². The molecule has 0 aromatic heterocycles. The number of anilines is 1. The van der Waals surface area contributed by atoms with Crippen molar-refractivity contribution in [2.45, 2.75) is 38.6 Å². The zero-order chi connectivity index (χ0) is 18.7. The second-order valence-corrected chi connectivity index (χ2v) is 7.01. The molecule has 2 amide bonds. The van der Waals surface area contributed by atoms with E-state index in [0.717, 1.165) is 18.5 Å². The molecular formula is C19H24N2O5. The average Bonchev–Trinajstić information content (AvgIpc) is 3.06. The Morgan fingerprint density at radius 3 is 2.81 bits per heavy atom. The highest BCUT2D eigenvalue weighted by molar-refractivity contribution is 5.95. The molecule has 7 nitrogen and oxygen atoms in total. The van der Waals surface area contributed by atoms with Crippen molar-refractivity contribution in [1.29, 1.82) is 0 Å². The fraction of sp³-hybridized carbons (Fsp3) is 0.526. The standard InChI is InChI=1S/C19H24N2O5/c1-13-7-9-21(16(10-13)19(24)25)18(23)12-26-15-5-2-4-14(11-15)20-8-3-6-17(20)22/h2,4-5,11,13,16H,3,6-10,12H2,1H3,(H,24,25). The van der Waals surface area contributed by atoms with Gasteiger partial charge in [-0.25, -0.2) is 4.79 Å². The van der Waals surface area contributed by atoms with Crippen molar-refractivity contribution in [3.63, 3.8) is 0 Å². The summed E-state index contributed by atoms with van der Waals surface area (Å²) < 4.78 is 5.59.